The summed E-state index contributed by atoms with van der Waals surface area (Å²) in [6.07, 6.45) is 8.14. The number of nitrogens with zero attached hydrogens (tertiary/aromatic N) is 2. The first-order valence-electron chi connectivity index (χ1n) is 7.84. The minimum Gasteiger partial charge on any atom is -0.375 e. The molecule has 5 heteroatoms. The average Bonchev–Trinajstić information content (AvgIpc) is 2.98. The molecule has 0 aliphatic carbocycles. The van der Waals surface area contributed by atoms with Gasteiger partial charge in [0.05, 0.1) is 31.5 Å². The van der Waals surface area contributed by atoms with Gasteiger partial charge in [-0.15, -0.1) is 6.58 Å². The number of carbonyl (C=O) groups is 1. The topological polar surface area (TPSA) is 51.7 Å². The first-order valence-corrected chi connectivity index (χ1v) is 7.84. The molecule has 0 aromatic carbocycles. The normalized spacial score (nSPS) is 27.5. The van der Waals surface area contributed by atoms with Crippen LogP contribution in [0.25, 0.3) is 0 Å². The van der Waals surface area contributed by atoms with Crippen LogP contribution < -0.4 is 0 Å². The highest BCUT2D eigenvalue weighted by Crippen LogP contribution is 2.32. The fraction of sp³-hybridized carbons (Fsp3) is 0.529. The molecule has 2 aliphatic rings. The van der Waals surface area contributed by atoms with E-state index in [-0.39, 0.29) is 24.2 Å². The van der Waals surface area contributed by atoms with Crippen LogP contribution in [-0.4, -0.2) is 53.8 Å². The summed E-state index contributed by atoms with van der Waals surface area (Å²) in [5.41, 5.74) is 0.701. The molecule has 0 N–H and O–H groups in total. The van der Waals surface area contributed by atoms with E-state index in [0.29, 0.717) is 18.8 Å². The quantitative estimate of drug-likeness (QED) is 0.617. The molecule has 0 saturated carbocycles. The summed E-state index contributed by atoms with van der Waals surface area (Å²) >= 11 is 0. The minimum atomic E-state index is 0.0832. The molecule has 2 saturated heterocycles. The molecule has 0 radical (unpaired) electrons. The first kappa shape index (κ1) is 15.2. The highest BCUT2D eigenvalue weighted by molar-refractivity contribution is 5.94. The number of amides is 1. The fourth-order valence-corrected chi connectivity index (χ4v) is 3.32. The number of fused-ring (bicyclic) bond motifs is 1. The Kier molecular flexibility index (Phi) is 4.85. The Morgan fingerprint density at radius 2 is 2.23 bits per heavy atom. The standard InChI is InChI=1S/C17H22N2O3/c1-2-11-21-12-14-3-4-15-16(22-14)7-10-19(15)17(20)13-5-8-18-9-6-13/h2,5-6,8-9,14-16H,1,3-4,7,10-12H2/t14-,15+,16+/m0/s1. The smallest absolute Gasteiger partial charge is 0.254 e. The predicted octanol–water partition coefficient (Wildman–Crippen LogP) is 2.05. The second-order valence-electron chi connectivity index (χ2n) is 5.79. The van der Waals surface area contributed by atoms with Crippen molar-refractivity contribution in [1.29, 1.82) is 0 Å². The van der Waals surface area contributed by atoms with Gasteiger partial charge in [0, 0.05) is 24.5 Å². The average molecular weight is 302 g/mol. The van der Waals surface area contributed by atoms with Gasteiger partial charge in [0.15, 0.2) is 0 Å². The van der Waals surface area contributed by atoms with Crippen molar-refractivity contribution in [1.82, 2.24) is 9.88 Å². The second-order valence-corrected chi connectivity index (χ2v) is 5.79. The van der Waals surface area contributed by atoms with Crippen molar-refractivity contribution >= 4 is 5.91 Å². The number of hydrogen-bond donors (Lipinski definition) is 0. The van der Waals surface area contributed by atoms with Crippen molar-refractivity contribution in [2.24, 2.45) is 0 Å². The molecule has 0 unspecified atom stereocenters. The Bertz CT molecular complexity index is 520. The molecule has 22 heavy (non-hydrogen) atoms. The molecule has 118 valence electrons. The zero-order valence-electron chi connectivity index (χ0n) is 12.7. The van der Waals surface area contributed by atoms with Gasteiger partial charge in [-0.1, -0.05) is 6.08 Å². The number of pyridine rings is 1. The van der Waals surface area contributed by atoms with Gasteiger partial charge in [-0.25, -0.2) is 0 Å². The maximum absolute atomic E-state index is 12.6. The van der Waals surface area contributed by atoms with E-state index < -0.39 is 0 Å². The van der Waals surface area contributed by atoms with Gasteiger partial charge < -0.3 is 14.4 Å². The van der Waals surface area contributed by atoms with Crippen LogP contribution >= 0.6 is 0 Å². The van der Waals surface area contributed by atoms with Crippen LogP contribution in [0, 0.1) is 0 Å². The van der Waals surface area contributed by atoms with E-state index in [4.69, 9.17) is 9.47 Å². The zero-order valence-corrected chi connectivity index (χ0v) is 12.7. The summed E-state index contributed by atoms with van der Waals surface area (Å²) in [5, 5.41) is 0. The van der Waals surface area contributed by atoms with E-state index in [0.717, 1.165) is 25.8 Å². The first-order chi connectivity index (χ1) is 10.8. The highest BCUT2D eigenvalue weighted by atomic mass is 16.5. The Morgan fingerprint density at radius 3 is 3.00 bits per heavy atom. The van der Waals surface area contributed by atoms with Crippen molar-refractivity contribution in [3.8, 4) is 0 Å². The lowest BCUT2D eigenvalue weighted by molar-refractivity contribution is -0.0937. The minimum absolute atomic E-state index is 0.0832. The van der Waals surface area contributed by atoms with Crippen LogP contribution in [-0.2, 0) is 9.47 Å². The third-order valence-electron chi connectivity index (χ3n) is 4.36. The molecule has 1 aromatic rings. The van der Waals surface area contributed by atoms with Crippen molar-refractivity contribution < 1.29 is 14.3 Å². The molecule has 3 heterocycles. The Labute approximate surface area is 130 Å². The van der Waals surface area contributed by atoms with Gasteiger partial charge in [-0.05, 0) is 31.4 Å². The van der Waals surface area contributed by atoms with E-state index in [1.807, 2.05) is 4.90 Å². The van der Waals surface area contributed by atoms with Crippen molar-refractivity contribution in [2.75, 3.05) is 19.8 Å². The van der Waals surface area contributed by atoms with Crippen LogP contribution in [0.1, 0.15) is 29.6 Å². The molecule has 2 aliphatic heterocycles. The van der Waals surface area contributed by atoms with Gasteiger partial charge in [0.1, 0.15) is 0 Å². The number of rotatable bonds is 5. The number of likely N-dealkylation sites (tertiary alicyclic amines) is 1. The zero-order chi connectivity index (χ0) is 15.4. The Hall–Kier alpha value is -1.72. The van der Waals surface area contributed by atoms with E-state index in [1.54, 1.807) is 30.6 Å². The van der Waals surface area contributed by atoms with Crippen LogP contribution in [0.3, 0.4) is 0 Å². The molecule has 3 rings (SSSR count). The van der Waals surface area contributed by atoms with Gasteiger partial charge in [-0.3, -0.25) is 9.78 Å². The van der Waals surface area contributed by atoms with E-state index in [1.165, 1.54) is 0 Å². The SMILES string of the molecule is C=CCOC[C@@H]1CC[C@@H]2[C@@H](CCN2C(=O)c2ccncc2)O1. The summed E-state index contributed by atoms with van der Waals surface area (Å²) < 4.78 is 11.6. The Balaban J connectivity index is 1.58. The largest absolute Gasteiger partial charge is 0.375 e. The van der Waals surface area contributed by atoms with Gasteiger partial charge in [0.25, 0.3) is 5.91 Å². The summed E-state index contributed by atoms with van der Waals surface area (Å²) in [6.45, 7) is 5.56. The maximum Gasteiger partial charge on any atom is 0.254 e. The third kappa shape index (κ3) is 3.20. The summed E-state index contributed by atoms with van der Waals surface area (Å²) in [6, 6.07) is 3.73. The molecular formula is C17H22N2O3. The lowest BCUT2D eigenvalue weighted by Crippen LogP contribution is -2.45. The molecule has 5 nitrogen and oxygen atoms in total. The van der Waals surface area contributed by atoms with Gasteiger partial charge in [-0.2, -0.15) is 0 Å². The van der Waals surface area contributed by atoms with Crippen LogP contribution in [0.5, 0.6) is 0 Å². The van der Waals surface area contributed by atoms with E-state index in [9.17, 15) is 4.79 Å². The van der Waals surface area contributed by atoms with E-state index >= 15 is 0 Å². The van der Waals surface area contributed by atoms with Crippen molar-refractivity contribution in [2.45, 2.75) is 37.5 Å². The lowest BCUT2D eigenvalue weighted by atomic mass is 9.99. The highest BCUT2D eigenvalue weighted by Gasteiger charge is 2.42. The van der Waals surface area contributed by atoms with Gasteiger partial charge >= 0.3 is 0 Å². The van der Waals surface area contributed by atoms with Crippen molar-refractivity contribution in [3.63, 3.8) is 0 Å². The number of ether oxygens (including phenoxy) is 2. The number of hydrogen-bond acceptors (Lipinski definition) is 4. The van der Waals surface area contributed by atoms with Crippen LogP contribution in [0.2, 0.25) is 0 Å². The summed E-state index contributed by atoms with van der Waals surface area (Å²) in [4.78, 5) is 18.5. The maximum atomic E-state index is 12.6. The molecule has 1 aromatic heterocycles. The summed E-state index contributed by atoms with van der Waals surface area (Å²) in [5.74, 6) is 0.0832. The second kappa shape index (κ2) is 7.03. The van der Waals surface area contributed by atoms with E-state index in [2.05, 4.69) is 11.6 Å². The summed E-state index contributed by atoms with van der Waals surface area (Å²) in [7, 11) is 0. The van der Waals surface area contributed by atoms with Crippen molar-refractivity contribution in [3.05, 3.63) is 42.7 Å². The number of carbonyl (C=O) groups excluding carboxylic acids is 1. The number of aromatic nitrogens is 1. The third-order valence-corrected chi connectivity index (χ3v) is 4.36. The molecule has 3 atom stereocenters. The molecule has 0 spiro atoms. The fourth-order valence-electron chi connectivity index (χ4n) is 3.32. The molecular weight excluding hydrogens is 280 g/mol. The predicted molar refractivity (Wildman–Crippen MR) is 82.6 cm³/mol. The Morgan fingerprint density at radius 1 is 1.41 bits per heavy atom. The molecule has 1 amide bonds. The molecule has 2 fully saturated rings. The van der Waals surface area contributed by atoms with Crippen LogP contribution in [0.15, 0.2) is 37.2 Å². The lowest BCUT2D eigenvalue weighted by Gasteiger charge is -2.35. The van der Waals surface area contributed by atoms with Gasteiger partial charge in [0.2, 0.25) is 0 Å². The molecule has 0 bridgehead atoms. The monoisotopic (exact) mass is 302 g/mol. The van der Waals surface area contributed by atoms with Crippen LogP contribution in [0.4, 0.5) is 0 Å².